The molecule has 3 N–H and O–H groups in total. The first-order valence-electron chi connectivity index (χ1n) is 11.2. The zero-order valence-electron chi connectivity index (χ0n) is 18.3. The van der Waals surface area contributed by atoms with Crippen molar-refractivity contribution in [1.29, 1.82) is 0 Å². The van der Waals surface area contributed by atoms with Gasteiger partial charge in [0.1, 0.15) is 5.82 Å². The molecule has 1 saturated heterocycles. The lowest BCUT2D eigenvalue weighted by molar-refractivity contribution is -0.138. The largest absolute Gasteiger partial charge is 0.481 e. The Morgan fingerprint density at radius 2 is 1.85 bits per heavy atom. The van der Waals surface area contributed by atoms with Crippen molar-refractivity contribution in [1.82, 2.24) is 4.72 Å². The average Bonchev–Trinajstić information content (AvgIpc) is 3.26. The van der Waals surface area contributed by atoms with Crippen molar-refractivity contribution in [3.8, 4) is 0 Å². The van der Waals surface area contributed by atoms with Crippen LogP contribution in [0.3, 0.4) is 0 Å². The number of carbonyl (C=O) groups is 2. The van der Waals surface area contributed by atoms with Crippen LogP contribution in [-0.2, 0) is 19.6 Å². The van der Waals surface area contributed by atoms with Crippen LogP contribution >= 0.6 is 22.9 Å². The predicted molar refractivity (Wildman–Crippen MR) is 129 cm³/mol. The van der Waals surface area contributed by atoms with E-state index in [2.05, 4.69) is 10.0 Å². The molecular formula is C23H26ClFN2O5S2. The zero-order valence-corrected chi connectivity index (χ0v) is 20.7. The van der Waals surface area contributed by atoms with Gasteiger partial charge >= 0.3 is 5.97 Å². The Labute approximate surface area is 206 Å². The molecular weight excluding hydrogens is 503 g/mol. The Bertz CT molecular complexity index is 1180. The molecule has 1 aromatic heterocycles. The maximum atomic E-state index is 13.4. The molecule has 2 aromatic rings. The van der Waals surface area contributed by atoms with Gasteiger partial charge in [0.05, 0.1) is 22.7 Å². The summed E-state index contributed by atoms with van der Waals surface area (Å²) in [5, 5.41) is 11.5. The first-order chi connectivity index (χ1) is 16.1. The van der Waals surface area contributed by atoms with E-state index in [1.807, 2.05) is 12.1 Å². The Hall–Kier alpha value is -2.01. The smallest absolute Gasteiger partial charge is 0.303 e. The van der Waals surface area contributed by atoms with Crippen LogP contribution in [0.1, 0.15) is 60.2 Å². The summed E-state index contributed by atoms with van der Waals surface area (Å²) in [5.41, 5.74) is 0.306. The van der Waals surface area contributed by atoms with Crippen LogP contribution in [0.25, 0.3) is 0 Å². The van der Waals surface area contributed by atoms with Gasteiger partial charge in [0, 0.05) is 21.9 Å². The third-order valence-electron chi connectivity index (χ3n) is 6.52. The second kappa shape index (κ2) is 10.3. The maximum Gasteiger partial charge on any atom is 0.303 e. The molecule has 2 atom stereocenters. The lowest BCUT2D eigenvalue weighted by atomic mass is 9.80. The Balaban J connectivity index is 1.42. The number of carbonyl (C=O) groups excluding carboxylic acids is 1. The molecule has 11 heteroatoms. The van der Waals surface area contributed by atoms with E-state index in [4.69, 9.17) is 16.7 Å². The summed E-state index contributed by atoms with van der Waals surface area (Å²) in [6.45, 7) is 0. The lowest BCUT2D eigenvalue weighted by Gasteiger charge is -2.29. The number of hydrogen-bond acceptors (Lipinski definition) is 5. The molecule has 1 aromatic carbocycles. The number of amides is 1. The minimum absolute atomic E-state index is 0.128. The SMILES string of the molecule is O=C(O)CC1CCC(c2ccc(C3CC(C(=O)Nc4ccc(F)c(Cl)c4)CS(=O)(=O)N3)s2)CC1. The number of nitrogens with one attached hydrogen (secondary N) is 2. The van der Waals surface area contributed by atoms with Crippen LogP contribution in [0.4, 0.5) is 10.1 Å². The fraction of sp³-hybridized carbons (Fsp3) is 0.478. The van der Waals surface area contributed by atoms with Gasteiger partial charge in [-0.2, -0.15) is 0 Å². The summed E-state index contributed by atoms with van der Waals surface area (Å²) in [7, 11) is -3.66. The molecule has 1 aliphatic heterocycles. The highest BCUT2D eigenvalue weighted by Crippen LogP contribution is 2.42. The zero-order chi connectivity index (χ0) is 24.5. The van der Waals surface area contributed by atoms with Gasteiger partial charge in [-0.05, 0) is 74.3 Å². The van der Waals surface area contributed by atoms with E-state index in [9.17, 15) is 22.4 Å². The quantitative estimate of drug-likeness (QED) is 0.493. The van der Waals surface area contributed by atoms with E-state index in [0.29, 0.717) is 18.0 Å². The van der Waals surface area contributed by atoms with Crippen LogP contribution < -0.4 is 10.0 Å². The third kappa shape index (κ3) is 6.16. The van der Waals surface area contributed by atoms with Crippen LogP contribution in [0.2, 0.25) is 5.02 Å². The van der Waals surface area contributed by atoms with Crippen molar-refractivity contribution in [2.24, 2.45) is 11.8 Å². The van der Waals surface area contributed by atoms with Gasteiger partial charge in [0.15, 0.2) is 0 Å². The molecule has 1 saturated carbocycles. The monoisotopic (exact) mass is 528 g/mol. The van der Waals surface area contributed by atoms with Crippen molar-refractivity contribution in [2.45, 2.75) is 50.5 Å². The van der Waals surface area contributed by atoms with Gasteiger partial charge in [0.25, 0.3) is 0 Å². The van der Waals surface area contributed by atoms with Crippen LogP contribution in [0.5, 0.6) is 0 Å². The predicted octanol–water partition coefficient (Wildman–Crippen LogP) is 4.91. The van der Waals surface area contributed by atoms with Crippen molar-refractivity contribution in [3.63, 3.8) is 0 Å². The molecule has 1 amide bonds. The molecule has 184 valence electrons. The number of rotatable bonds is 6. The Kier molecular flexibility index (Phi) is 7.61. The van der Waals surface area contributed by atoms with Gasteiger partial charge in [0.2, 0.25) is 15.9 Å². The number of carboxylic acids is 1. The van der Waals surface area contributed by atoms with Crippen molar-refractivity contribution < 1.29 is 27.5 Å². The fourth-order valence-corrected chi connectivity index (χ4v) is 7.85. The molecule has 34 heavy (non-hydrogen) atoms. The average molecular weight is 529 g/mol. The summed E-state index contributed by atoms with van der Waals surface area (Å²) in [4.78, 5) is 25.8. The fourth-order valence-electron chi connectivity index (χ4n) is 4.78. The summed E-state index contributed by atoms with van der Waals surface area (Å²) < 4.78 is 41.1. The summed E-state index contributed by atoms with van der Waals surface area (Å²) >= 11 is 7.32. The highest BCUT2D eigenvalue weighted by Gasteiger charge is 2.37. The highest BCUT2D eigenvalue weighted by atomic mass is 35.5. The van der Waals surface area contributed by atoms with Gasteiger partial charge in [-0.1, -0.05) is 11.6 Å². The van der Waals surface area contributed by atoms with E-state index in [-0.39, 0.29) is 23.1 Å². The summed E-state index contributed by atoms with van der Waals surface area (Å²) in [5.74, 6) is -2.35. The van der Waals surface area contributed by atoms with Gasteiger partial charge < -0.3 is 10.4 Å². The number of aliphatic carboxylic acids is 1. The summed E-state index contributed by atoms with van der Waals surface area (Å²) in [6.07, 6.45) is 4.09. The molecule has 1 aliphatic carbocycles. The van der Waals surface area contributed by atoms with Crippen molar-refractivity contribution in [3.05, 3.63) is 50.9 Å². The van der Waals surface area contributed by atoms with Gasteiger partial charge in [-0.3, -0.25) is 9.59 Å². The minimum Gasteiger partial charge on any atom is -0.481 e. The first kappa shape index (κ1) is 25.1. The standard InChI is InChI=1S/C23H26ClFN2O5S2/c24-17-11-16(5-6-18(17)25)26-23(30)15-10-19(27-34(31,32)12-15)21-8-7-20(33-21)14-3-1-13(2-4-14)9-22(28)29/h5-8,11,13-15,19,27H,1-4,9-10,12H2,(H,26,30)(H,28,29). The maximum absolute atomic E-state index is 13.4. The molecule has 2 unspecified atom stereocenters. The topological polar surface area (TPSA) is 113 Å². The third-order valence-corrected chi connectivity index (χ3v) is 9.66. The molecule has 0 spiro atoms. The normalized spacial score (nSPS) is 26.6. The van der Waals surface area contributed by atoms with E-state index in [0.717, 1.165) is 41.5 Å². The van der Waals surface area contributed by atoms with Crippen LogP contribution in [0, 0.1) is 17.7 Å². The molecule has 7 nitrogen and oxygen atoms in total. The molecule has 2 aliphatic rings. The number of halogens is 2. The number of sulfonamides is 1. The van der Waals surface area contributed by atoms with E-state index in [1.54, 1.807) is 11.3 Å². The van der Waals surface area contributed by atoms with E-state index in [1.165, 1.54) is 12.1 Å². The lowest BCUT2D eigenvalue weighted by Crippen LogP contribution is -2.44. The number of carboxylic acid groups (broad SMARTS) is 1. The highest BCUT2D eigenvalue weighted by molar-refractivity contribution is 7.89. The van der Waals surface area contributed by atoms with Crippen molar-refractivity contribution >= 4 is 50.5 Å². The van der Waals surface area contributed by atoms with Gasteiger partial charge in [-0.15, -0.1) is 11.3 Å². The van der Waals surface area contributed by atoms with E-state index >= 15 is 0 Å². The minimum atomic E-state index is -3.66. The molecule has 2 heterocycles. The number of anilines is 1. The summed E-state index contributed by atoms with van der Waals surface area (Å²) in [6, 6.07) is 7.23. The van der Waals surface area contributed by atoms with Crippen LogP contribution in [0.15, 0.2) is 30.3 Å². The second-order valence-corrected chi connectivity index (χ2v) is 12.4. The van der Waals surface area contributed by atoms with Gasteiger partial charge in [-0.25, -0.2) is 17.5 Å². The number of thiophene rings is 1. The molecule has 2 fully saturated rings. The molecule has 4 rings (SSSR count). The van der Waals surface area contributed by atoms with Crippen molar-refractivity contribution in [2.75, 3.05) is 11.1 Å². The second-order valence-electron chi connectivity index (χ2n) is 9.06. The van der Waals surface area contributed by atoms with Crippen LogP contribution in [-0.4, -0.2) is 31.2 Å². The molecule has 0 radical (unpaired) electrons. The first-order valence-corrected chi connectivity index (χ1v) is 14.0. The Morgan fingerprint density at radius 1 is 1.15 bits per heavy atom. The molecule has 0 bridgehead atoms. The number of hydrogen-bond donors (Lipinski definition) is 3. The Morgan fingerprint density at radius 3 is 2.53 bits per heavy atom. The van der Waals surface area contributed by atoms with E-state index < -0.39 is 39.7 Å². The number of benzene rings is 1.